The third kappa shape index (κ3) is 3.18. The SMILES string of the molecule is CNC(=O)c1ccc(N2CCCC(C)(c3ccccc3)C2)nn1. The van der Waals surface area contributed by atoms with Crippen LogP contribution in [0.15, 0.2) is 42.5 Å². The van der Waals surface area contributed by atoms with Gasteiger partial charge in [0.1, 0.15) is 0 Å². The summed E-state index contributed by atoms with van der Waals surface area (Å²) in [5, 5.41) is 10.8. The first-order chi connectivity index (χ1) is 11.1. The highest BCUT2D eigenvalue weighted by atomic mass is 16.1. The van der Waals surface area contributed by atoms with Crippen LogP contribution in [0.3, 0.4) is 0 Å². The number of nitrogens with zero attached hydrogens (tertiary/aromatic N) is 3. The third-order valence-electron chi connectivity index (χ3n) is 4.60. The number of nitrogens with one attached hydrogen (secondary N) is 1. The molecular weight excluding hydrogens is 288 g/mol. The molecule has 1 atom stereocenters. The number of anilines is 1. The molecular formula is C18H22N4O. The van der Waals surface area contributed by atoms with Gasteiger partial charge in [-0.2, -0.15) is 0 Å². The van der Waals surface area contributed by atoms with Gasteiger partial charge in [-0.25, -0.2) is 0 Å². The quantitative estimate of drug-likeness (QED) is 0.946. The van der Waals surface area contributed by atoms with E-state index in [0.29, 0.717) is 5.69 Å². The number of carbonyl (C=O) groups excluding carboxylic acids is 1. The maximum atomic E-state index is 11.6. The first-order valence-electron chi connectivity index (χ1n) is 7.99. The van der Waals surface area contributed by atoms with Gasteiger partial charge in [-0.3, -0.25) is 4.79 Å². The van der Waals surface area contributed by atoms with Crippen molar-refractivity contribution in [2.45, 2.75) is 25.2 Å². The number of piperidine rings is 1. The summed E-state index contributed by atoms with van der Waals surface area (Å²) in [4.78, 5) is 13.8. The van der Waals surface area contributed by atoms with E-state index >= 15 is 0 Å². The fraction of sp³-hybridized carbons (Fsp3) is 0.389. The molecule has 1 fully saturated rings. The highest BCUT2D eigenvalue weighted by Gasteiger charge is 2.33. The Hall–Kier alpha value is -2.43. The fourth-order valence-electron chi connectivity index (χ4n) is 3.25. The maximum absolute atomic E-state index is 11.6. The minimum atomic E-state index is -0.211. The summed E-state index contributed by atoms with van der Waals surface area (Å²) < 4.78 is 0. The predicted molar refractivity (Wildman–Crippen MR) is 90.7 cm³/mol. The molecule has 1 aliphatic heterocycles. The molecule has 1 aliphatic rings. The van der Waals surface area contributed by atoms with E-state index < -0.39 is 0 Å². The molecule has 0 saturated carbocycles. The van der Waals surface area contributed by atoms with Crippen LogP contribution in [0.4, 0.5) is 5.82 Å². The van der Waals surface area contributed by atoms with Crippen LogP contribution in [0.5, 0.6) is 0 Å². The average molecular weight is 310 g/mol. The van der Waals surface area contributed by atoms with E-state index in [-0.39, 0.29) is 11.3 Å². The topological polar surface area (TPSA) is 58.1 Å². The van der Waals surface area contributed by atoms with E-state index in [2.05, 4.69) is 57.7 Å². The van der Waals surface area contributed by atoms with Crippen molar-refractivity contribution in [1.82, 2.24) is 15.5 Å². The molecule has 1 unspecified atom stereocenters. The number of amides is 1. The molecule has 2 aromatic rings. The van der Waals surface area contributed by atoms with Crippen LogP contribution >= 0.6 is 0 Å². The van der Waals surface area contributed by atoms with Crippen LogP contribution in [0, 0.1) is 0 Å². The Morgan fingerprint density at radius 1 is 1.17 bits per heavy atom. The van der Waals surface area contributed by atoms with E-state index in [1.165, 1.54) is 5.56 Å². The Kier molecular flexibility index (Phi) is 4.28. The molecule has 1 aromatic heterocycles. The van der Waals surface area contributed by atoms with Gasteiger partial charge in [-0.05, 0) is 30.5 Å². The minimum absolute atomic E-state index is 0.112. The highest BCUT2D eigenvalue weighted by molar-refractivity contribution is 5.91. The van der Waals surface area contributed by atoms with Gasteiger partial charge < -0.3 is 10.2 Å². The van der Waals surface area contributed by atoms with Crippen LogP contribution in [0.1, 0.15) is 35.8 Å². The van der Waals surface area contributed by atoms with Crippen molar-refractivity contribution >= 4 is 11.7 Å². The Morgan fingerprint density at radius 2 is 1.96 bits per heavy atom. The van der Waals surface area contributed by atoms with E-state index in [0.717, 1.165) is 31.7 Å². The van der Waals surface area contributed by atoms with Crippen LogP contribution in [0.2, 0.25) is 0 Å². The first-order valence-corrected chi connectivity index (χ1v) is 7.99. The van der Waals surface area contributed by atoms with E-state index in [9.17, 15) is 4.79 Å². The second kappa shape index (κ2) is 6.36. The second-order valence-corrected chi connectivity index (χ2v) is 6.31. The largest absolute Gasteiger partial charge is 0.354 e. The molecule has 1 aromatic carbocycles. The van der Waals surface area contributed by atoms with Gasteiger partial charge >= 0.3 is 0 Å². The van der Waals surface area contributed by atoms with Crippen molar-refractivity contribution in [1.29, 1.82) is 0 Å². The smallest absolute Gasteiger partial charge is 0.271 e. The Morgan fingerprint density at radius 3 is 2.61 bits per heavy atom. The standard InChI is InChI=1S/C18H22N4O/c1-18(14-7-4-3-5-8-14)11-6-12-22(13-18)16-10-9-15(20-21-16)17(23)19-2/h3-5,7-10H,6,11-13H2,1-2H3,(H,19,23). The van der Waals surface area contributed by atoms with Crippen LogP contribution in [-0.4, -0.2) is 36.2 Å². The van der Waals surface area contributed by atoms with Crippen molar-refractivity contribution < 1.29 is 4.79 Å². The summed E-state index contributed by atoms with van der Waals surface area (Å²) in [5.74, 6) is 0.622. The van der Waals surface area contributed by atoms with Gasteiger partial charge in [0.2, 0.25) is 0 Å². The van der Waals surface area contributed by atoms with Crippen molar-refractivity contribution in [3.63, 3.8) is 0 Å². The highest BCUT2D eigenvalue weighted by Crippen LogP contribution is 2.34. The minimum Gasteiger partial charge on any atom is -0.354 e. The van der Waals surface area contributed by atoms with Gasteiger partial charge in [0.25, 0.3) is 5.91 Å². The van der Waals surface area contributed by atoms with Crippen LogP contribution in [0.25, 0.3) is 0 Å². The van der Waals surface area contributed by atoms with Gasteiger partial charge in [-0.1, -0.05) is 37.3 Å². The lowest BCUT2D eigenvalue weighted by molar-refractivity contribution is 0.0957. The molecule has 0 aliphatic carbocycles. The summed E-state index contributed by atoms with van der Waals surface area (Å²) in [5.41, 5.74) is 1.82. The predicted octanol–water partition coefficient (Wildman–Crippen LogP) is 2.39. The van der Waals surface area contributed by atoms with E-state index in [4.69, 9.17) is 0 Å². The molecule has 0 spiro atoms. The number of rotatable bonds is 3. The summed E-state index contributed by atoms with van der Waals surface area (Å²) in [7, 11) is 1.59. The normalized spacial score (nSPS) is 21.0. The average Bonchev–Trinajstić information content (AvgIpc) is 2.62. The van der Waals surface area contributed by atoms with Gasteiger partial charge in [-0.15, -0.1) is 10.2 Å². The lowest BCUT2D eigenvalue weighted by Crippen LogP contribution is -2.44. The molecule has 0 radical (unpaired) electrons. The maximum Gasteiger partial charge on any atom is 0.271 e. The molecule has 1 saturated heterocycles. The van der Waals surface area contributed by atoms with E-state index in [1.807, 2.05) is 6.07 Å². The summed E-state index contributed by atoms with van der Waals surface area (Å²) in [6, 6.07) is 14.3. The molecule has 0 bridgehead atoms. The summed E-state index contributed by atoms with van der Waals surface area (Å²) in [6.07, 6.45) is 2.28. The van der Waals surface area contributed by atoms with Crippen molar-refractivity contribution in [2.24, 2.45) is 0 Å². The zero-order valence-corrected chi connectivity index (χ0v) is 13.6. The number of carbonyl (C=O) groups is 1. The molecule has 5 nitrogen and oxygen atoms in total. The van der Waals surface area contributed by atoms with Gasteiger partial charge in [0, 0.05) is 25.6 Å². The monoisotopic (exact) mass is 310 g/mol. The second-order valence-electron chi connectivity index (χ2n) is 6.31. The van der Waals surface area contributed by atoms with Gasteiger partial charge in [0.15, 0.2) is 11.5 Å². The van der Waals surface area contributed by atoms with Crippen molar-refractivity contribution in [3.8, 4) is 0 Å². The Balaban J connectivity index is 1.80. The number of benzene rings is 1. The van der Waals surface area contributed by atoms with Crippen molar-refractivity contribution in [2.75, 3.05) is 25.0 Å². The lowest BCUT2D eigenvalue weighted by atomic mass is 9.76. The lowest BCUT2D eigenvalue weighted by Gasteiger charge is -2.41. The summed E-state index contributed by atoms with van der Waals surface area (Å²) in [6.45, 7) is 4.18. The Bertz CT molecular complexity index is 671. The number of aromatic nitrogens is 2. The molecule has 3 rings (SSSR count). The molecule has 1 N–H and O–H groups in total. The fourth-order valence-corrected chi connectivity index (χ4v) is 3.25. The Labute approximate surface area is 136 Å². The number of hydrogen-bond donors (Lipinski definition) is 1. The molecule has 1 amide bonds. The van der Waals surface area contributed by atoms with Crippen LogP contribution < -0.4 is 10.2 Å². The third-order valence-corrected chi connectivity index (χ3v) is 4.60. The zero-order chi connectivity index (χ0) is 16.3. The molecule has 23 heavy (non-hydrogen) atoms. The zero-order valence-electron chi connectivity index (χ0n) is 13.6. The molecule has 120 valence electrons. The van der Waals surface area contributed by atoms with E-state index in [1.54, 1.807) is 13.1 Å². The van der Waals surface area contributed by atoms with Crippen LogP contribution in [-0.2, 0) is 5.41 Å². The molecule has 2 heterocycles. The first kappa shape index (κ1) is 15.5. The summed E-state index contributed by atoms with van der Waals surface area (Å²) >= 11 is 0. The number of hydrogen-bond acceptors (Lipinski definition) is 4. The van der Waals surface area contributed by atoms with Crippen molar-refractivity contribution in [3.05, 3.63) is 53.7 Å². The molecule has 5 heteroatoms. The van der Waals surface area contributed by atoms with Gasteiger partial charge in [0.05, 0.1) is 0 Å².